The fraction of sp³-hybridized carbons (Fsp3) is 0.640. The molecule has 1 aliphatic carbocycles. The Hall–Kier alpha value is -2.39. The summed E-state index contributed by atoms with van der Waals surface area (Å²) in [7, 11) is 0. The molecule has 186 valence electrons. The monoisotopic (exact) mass is 474 g/mol. The lowest BCUT2D eigenvalue weighted by atomic mass is 9.93. The number of alkyl halides is 2. The first-order valence-electron chi connectivity index (χ1n) is 12.5. The fourth-order valence-electron chi connectivity index (χ4n) is 4.52. The second-order valence-electron chi connectivity index (χ2n) is 9.49. The van der Waals surface area contributed by atoms with Gasteiger partial charge in [0.1, 0.15) is 18.2 Å². The van der Waals surface area contributed by atoms with E-state index in [2.05, 4.69) is 30.5 Å². The first-order valence-corrected chi connectivity index (χ1v) is 12.5. The van der Waals surface area contributed by atoms with Crippen molar-refractivity contribution < 1.29 is 13.9 Å². The number of hydrogen-bond acceptors (Lipinski definition) is 7. The second-order valence-corrected chi connectivity index (χ2v) is 9.49. The van der Waals surface area contributed by atoms with Crippen LogP contribution in [0, 0.1) is 0 Å². The first-order chi connectivity index (χ1) is 16.5. The largest absolute Gasteiger partial charge is 0.393 e. The van der Waals surface area contributed by atoms with Crippen LogP contribution in [-0.4, -0.2) is 69.1 Å². The Morgan fingerprint density at radius 3 is 2.53 bits per heavy atom. The number of likely N-dealkylation sites (tertiary alicyclic amines) is 1. The molecule has 0 radical (unpaired) electrons. The Morgan fingerprint density at radius 1 is 1.09 bits per heavy atom. The van der Waals surface area contributed by atoms with Gasteiger partial charge in [-0.05, 0) is 56.6 Å². The van der Waals surface area contributed by atoms with Gasteiger partial charge in [-0.25, -0.2) is 13.8 Å². The molecule has 3 heterocycles. The van der Waals surface area contributed by atoms with Gasteiger partial charge in [0.2, 0.25) is 5.95 Å². The zero-order valence-electron chi connectivity index (χ0n) is 19.9. The molecule has 0 unspecified atom stereocenters. The summed E-state index contributed by atoms with van der Waals surface area (Å²) in [6, 6.07) is 4.21. The molecule has 0 amide bonds. The van der Waals surface area contributed by atoms with Crippen LogP contribution in [0.25, 0.3) is 11.3 Å². The van der Waals surface area contributed by atoms with E-state index >= 15 is 0 Å². The topological polar surface area (TPSA) is 86.2 Å². The zero-order chi connectivity index (χ0) is 23.9. The normalized spacial score (nSPS) is 22.9. The molecule has 3 N–H and O–H groups in total. The summed E-state index contributed by atoms with van der Waals surface area (Å²) in [6.45, 7) is 4.27. The molecule has 0 aromatic carbocycles. The molecule has 2 aliphatic rings. The average molecular weight is 475 g/mol. The molecule has 0 bridgehead atoms. The van der Waals surface area contributed by atoms with Crippen molar-refractivity contribution >= 4 is 11.8 Å². The second kappa shape index (κ2) is 11.8. The van der Waals surface area contributed by atoms with E-state index in [4.69, 9.17) is 0 Å². The van der Waals surface area contributed by atoms with Gasteiger partial charge in [0, 0.05) is 44.6 Å². The average Bonchev–Trinajstić information content (AvgIpc) is 2.86. The summed E-state index contributed by atoms with van der Waals surface area (Å²) in [5.41, 5.74) is 2.63. The first kappa shape index (κ1) is 24.7. The van der Waals surface area contributed by atoms with Gasteiger partial charge in [-0.3, -0.25) is 9.88 Å². The van der Waals surface area contributed by atoms with Gasteiger partial charge >= 0.3 is 0 Å². The van der Waals surface area contributed by atoms with Crippen LogP contribution in [-0.2, 0) is 6.54 Å². The summed E-state index contributed by atoms with van der Waals surface area (Å²) in [5, 5.41) is 16.3. The van der Waals surface area contributed by atoms with E-state index < -0.39 is 12.3 Å². The lowest BCUT2D eigenvalue weighted by molar-refractivity contribution is 0.126. The molecule has 7 nitrogen and oxygen atoms in total. The predicted molar refractivity (Wildman–Crippen MR) is 130 cm³/mol. The Kier molecular flexibility index (Phi) is 8.61. The van der Waals surface area contributed by atoms with Crippen LogP contribution < -0.4 is 10.6 Å². The summed E-state index contributed by atoms with van der Waals surface area (Å²) in [4.78, 5) is 16.0. The van der Waals surface area contributed by atoms with E-state index in [1.165, 1.54) is 0 Å². The number of aliphatic hydroxyl groups is 1. The highest BCUT2D eigenvalue weighted by Crippen LogP contribution is 2.29. The minimum Gasteiger partial charge on any atom is -0.393 e. The Balaban J connectivity index is 1.49. The van der Waals surface area contributed by atoms with Crippen molar-refractivity contribution in [2.75, 3.05) is 30.3 Å². The third-order valence-electron chi connectivity index (χ3n) is 6.77. The highest BCUT2D eigenvalue weighted by Gasteiger charge is 2.22. The number of piperidine rings is 1. The van der Waals surface area contributed by atoms with Crippen LogP contribution in [0.3, 0.4) is 0 Å². The highest BCUT2D eigenvalue weighted by molar-refractivity contribution is 5.73. The van der Waals surface area contributed by atoms with Gasteiger partial charge < -0.3 is 15.7 Å². The number of anilines is 2. The van der Waals surface area contributed by atoms with Crippen molar-refractivity contribution in [3.05, 3.63) is 30.1 Å². The number of halogens is 2. The number of aromatic nitrogens is 3. The molecule has 2 aromatic rings. The Morgan fingerprint density at radius 2 is 1.85 bits per heavy atom. The molecule has 1 aliphatic heterocycles. The SMILES string of the molecule is CC[C@H](F)CNc1ncc(-c2ccc(CN3CCC(F)CC3)cn2)c(N[C@H]2CC[C@H](O)CC2)n1. The van der Waals surface area contributed by atoms with E-state index in [1.807, 2.05) is 18.3 Å². The summed E-state index contributed by atoms with van der Waals surface area (Å²) in [5.74, 6) is 1.04. The van der Waals surface area contributed by atoms with E-state index in [0.717, 1.165) is 62.1 Å². The molecule has 2 aromatic heterocycles. The molecular formula is C25H36F2N6O. The number of nitrogens with zero attached hydrogens (tertiary/aromatic N) is 4. The van der Waals surface area contributed by atoms with Crippen molar-refractivity contribution in [1.82, 2.24) is 19.9 Å². The smallest absolute Gasteiger partial charge is 0.224 e. The third kappa shape index (κ3) is 6.82. The van der Waals surface area contributed by atoms with Crippen LogP contribution >= 0.6 is 0 Å². The van der Waals surface area contributed by atoms with Gasteiger partial charge in [0.15, 0.2) is 0 Å². The van der Waals surface area contributed by atoms with E-state index in [-0.39, 0.29) is 18.7 Å². The number of rotatable bonds is 9. The van der Waals surface area contributed by atoms with Gasteiger partial charge in [0.25, 0.3) is 0 Å². The fourth-order valence-corrected chi connectivity index (χ4v) is 4.52. The van der Waals surface area contributed by atoms with Crippen molar-refractivity contribution in [1.29, 1.82) is 0 Å². The van der Waals surface area contributed by atoms with Crippen molar-refractivity contribution in [2.24, 2.45) is 0 Å². The van der Waals surface area contributed by atoms with E-state index in [1.54, 1.807) is 13.1 Å². The van der Waals surface area contributed by atoms with Crippen LogP contribution in [0.1, 0.15) is 57.4 Å². The number of aliphatic hydroxyl groups excluding tert-OH is 1. The van der Waals surface area contributed by atoms with E-state index in [0.29, 0.717) is 31.0 Å². The lowest BCUT2D eigenvalue weighted by Crippen LogP contribution is -2.33. The van der Waals surface area contributed by atoms with Gasteiger partial charge in [-0.1, -0.05) is 13.0 Å². The van der Waals surface area contributed by atoms with Crippen LogP contribution in [0.4, 0.5) is 20.5 Å². The van der Waals surface area contributed by atoms with Crippen LogP contribution in [0.15, 0.2) is 24.5 Å². The van der Waals surface area contributed by atoms with E-state index in [9.17, 15) is 13.9 Å². The van der Waals surface area contributed by atoms with Gasteiger partial charge in [-0.15, -0.1) is 0 Å². The molecule has 9 heteroatoms. The quantitative estimate of drug-likeness (QED) is 0.498. The maximum Gasteiger partial charge on any atom is 0.224 e. The third-order valence-corrected chi connectivity index (χ3v) is 6.77. The summed E-state index contributed by atoms with van der Waals surface area (Å²) in [6.07, 6.45) is 6.58. The molecule has 1 atom stereocenters. The zero-order valence-corrected chi connectivity index (χ0v) is 19.9. The van der Waals surface area contributed by atoms with Gasteiger partial charge in [0.05, 0.1) is 17.4 Å². The molecular weight excluding hydrogens is 438 g/mol. The number of hydrogen-bond donors (Lipinski definition) is 3. The highest BCUT2D eigenvalue weighted by atomic mass is 19.1. The Labute approximate surface area is 200 Å². The minimum absolute atomic E-state index is 0.164. The molecule has 4 rings (SSSR count). The number of pyridine rings is 1. The summed E-state index contributed by atoms with van der Waals surface area (Å²) < 4.78 is 27.1. The van der Waals surface area contributed by atoms with Crippen molar-refractivity contribution in [3.8, 4) is 11.3 Å². The van der Waals surface area contributed by atoms with Crippen molar-refractivity contribution in [3.63, 3.8) is 0 Å². The van der Waals surface area contributed by atoms with Crippen LogP contribution in [0.2, 0.25) is 0 Å². The standard InChI is InChI=1S/C25H36F2N6O/c1-2-18(26)14-29-25-30-15-22(24(32-25)31-20-4-6-21(34)7-5-20)23-8-3-17(13-28-23)16-33-11-9-19(27)10-12-33/h3,8,13,15,18-21,34H,2,4-7,9-12,14,16H2,1H3,(H2,29,30,31,32)/t18-,20-,21-/m0/s1. The summed E-state index contributed by atoms with van der Waals surface area (Å²) >= 11 is 0. The maximum absolute atomic E-state index is 13.7. The molecule has 1 saturated heterocycles. The molecule has 34 heavy (non-hydrogen) atoms. The lowest BCUT2D eigenvalue weighted by Gasteiger charge is -2.28. The molecule has 1 saturated carbocycles. The van der Waals surface area contributed by atoms with Crippen molar-refractivity contribution in [2.45, 2.75) is 82.9 Å². The van der Waals surface area contributed by atoms with Crippen LogP contribution in [0.5, 0.6) is 0 Å². The minimum atomic E-state index is -0.954. The predicted octanol–water partition coefficient (Wildman–Crippen LogP) is 4.35. The molecule has 2 fully saturated rings. The number of nitrogens with one attached hydrogen (secondary N) is 2. The Bertz CT molecular complexity index is 899. The van der Waals surface area contributed by atoms with Gasteiger partial charge in [-0.2, -0.15) is 4.98 Å². The maximum atomic E-state index is 13.7. The molecule has 0 spiro atoms.